The first-order valence-corrected chi connectivity index (χ1v) is 14.5. The molecule has 0 bridgehead atoms. The molecular formula is C33H33N5O8. The number of amides is 1. The van der Waals surface area contributed by atoms with Crippen LogP contribution < -0.4 is 20.3 Å². The lowest BCUT2D eigenvalue weighted by Crippen LogP contribution is -2.39. The molecule has 0 unspecified atom stereocenters. The van der Waals surface area contributed by atoms with Gasteiger partial charge < -0.3 is 29.2 Å². The average molecular weight is 628 g/mol. The summed E-state index contributed by atoms with van der Waals surface area (Å²) in [5.41, 5.74) is 0.626. The van der Waals surface area contributed by atoms with Crippen LogP contribution in [0.1, 0.15) is 29.8 Å². The number of rotatable bonds is 10. The highest BCUT2D eigenvalue weighted by atomic mass is 16.6. The number of carbonyl (C=O) groups is 1. The number of H-pyrrole nitrogens is 1. The van der Waals surface area contributed by atoms with Gasteiger partial charge in [-0.2, -0.15) is 4.98 Å². The van der Waals surface area contributed by atoms with Crippen molar-refractivity contribution in [2.75, 3.05) is 26.1 Å². The molecule has 0 spiro atoms. The molecule has 0 radical (unpaired) electrons. The third-order valence-electron chi connectivity index (χ3n) is 7.98. The lowest BCUT2D eigenvalue weighted by atomic mass is 9.80. The van der Waals surface area contributed by atoms with Crippen molar-refractivity contribution >= 4 is 23.0 Å². The first kappa shape index (κ1) is 30.9. The summed E-state index contributed by atoms with van der Waals surface area (Å²) in [7, 11) is 3.19. The van der Waals surface area contributed by atoms with Crippen molar-refractivity contribution in [1.29, 1.82) is 0 Å². The van der Waals surface area contributed by atoms with E-state index < -0.39 is 41.6 Å². The average Bonchev–Trinajstić information content (AvgIpc) is 3.62. The van der Waals surface area contributed by atoms with Gasteiger partial charge in [0.05, 0.1) is 27.2 Å². The van der Waals surface area contributed by atoms with Crippen molar-refractivity contribution in [3.8, 4) is 11.5 Å². The monoisotopic (exact) mass is 627 g/mol. The number of fused-ring (bicyclic) bond motifs is 1. The number of carbonyl (C=O) groups excluding carboxylic acids is 1. The number of methoxy groups -OCH3 is 2. The van der Waals surface area contributed by atoms with Crippen molar-refractivity contribution in [3.05, 3.63) is 112 Å². The highest BCUT2D eigenvalue weighted by Gasteiger charge is 2.47. The lowest BCUT2D eigenvalue weighted by molar-refractivity contribution is -0.114. The lowest BCUT2D eigenvalue weighted by Gasteiger charge is -2.37. The van der Waals surface area contributed by atoms with Gasteiger partial charge in [-0.05, 0) is 41.0 Å². The fourth-order valence-electron chi connectivity index (χ4n) is 5.72. The number of ether oxygens (including phenoxy) is 4. The quantitative estimate of drug-likeness (QED) is 0.169. The number of anilines is 1. The van der Waals surface area contributed by atoms with Crippen molar-refractivity contribution in [1.82, 2.24) is 19.5 Å². The van der Waals surface area contributed by atoms with Gasteiger partial charge in [-0.3, -0.25) is 24.5 Å². The predicted molar refractivity (Wildman–Crippen MR) is 167 cm³/mol. The van der Waals surface area contributed by atoms with E-state index in [1.165, 1.54) is 17.8 Å². The number of aromatic amines is 1. The Morgan fingerprint density at radius 3 is 2.09 bits per heavy atom. The van der Waals surface area contributed by atoms with E-state index in [4.69, 9.17) is 18.9 Å². The van der Waals surface area contributed by atoms with Crippen LogP contribution in [-0.2, 0) is 19.9 Å². The van der Waals surface area contributed by atoms with E-state index in [2.05, 4.69) is 20.3 Å². The molecule has 1 aliphatic rings. The second kappa shape index (κ2) is 12.7. The predicted octanol–water partition coefficient (Wildman–Crippen LogP) is 2.72. The zero-order chi connectivity index (χ0) is 32.4. The maximum absolute atomic E-state index is 12.6. The van der Waals surface area contributed by atoms with Gasteiger partial charge in [-0.1, -0.05) is 54.6 Å². The summed E-state index contributed by atoms with van der Waals surface area (Å²) in [5, 5.41) is 24.8. The van der Waals surface area contributed by atoms with Crippen LogP contribution >= 0.6 is 0 Å². The maximum atomic E-state index is 12.6. The Kier molecular flexibility index (Phi) is 8.56. The standard InChI is InChI=1S/C33H33N5O8/c1-19(39)35-32-36-29-26(30(42)37-32)34-18-38(29)31-28(41)27(40)25(46-31)17-45-33(20-7-5-4-6-8-20,21-9-13-23(43-2)14-10-21)22-11-15-24(44-3)16-12-22/h4-16,18,25,27-28,31,40-41H,17H2,1-3H3,(H2,35,36,37,39,42)/t25-,27-,28-,31-/m1/s1. The molecule has 5 aromatic rings. The van der Waals surface area contributed by atoms with Gasteiger partial charge in [0, 0.05) is 6.92 Å². The smallest absolute Gasteiger partial charge is 0.280 e. The topological polar surface area (TPSA) is 170 Å². The molecule has 238 valence electrons. The second-order valence-corrected chi connectivity index (χ2v) is 10.8. The summed E-state index contributed by atoms with van der Waals surface area (Å²) in [6.07, 6.45) is -3.68. The Balaban J connectivity index is 1.38. The molecule has 6 rings (SSSR count). The van der Waals surface area contributed by atoms with Crippen LogP contribution in [0.3, 0.4) is 0 Å². The minimum Gasteiger partial charge on any atom is -0.497 e. The Morgan fingerprint density at radius 2 is 1.52 bits per heavy atom. The van der Waals surface area contributed by atoms with Gasteiger partial charge in [-0.25, -0.2) is 4.98 Å². The Labute approximate surface area is 263 Å². The van der Waals surface area contributed by atoms with Crippen LogP contribution in [0.2, 0.25) is 0 Å². The van der Waals surface area contributed by atoms with Crippen molar-refractivity contribution < 1.29 is 34.0 Å². The van der Waals surface area contributed by atoms with E-state index in [1.807, 2.05) is 78.9 Å². The Hall–Kier alpha value is -5.08. The van der Waals surface area contributed by atoms with Gasteiger partial charge in [-0.15, -0.1) is 0 Å². The first-order valence-electron chi connectivity index (χ1n) is 14.5. The van der Waals surface area contributed by atoms with E-state index in [-0.39, 0.29) is 23.7 Å². The molecule has 1 aliphatic heterocycles. The van der Waals surface area contributed by atoms with E-state index >= 15 is 0 Å². The normalized spacial score (nSPS) is 19.7. The summed E-state index contributed by atoms with van der Waals surface area (Å²) in [6.45, 7) is 1.12. The number of nitrogens with zero attached hydrogens (tertiary/aromatic N) is 3. The number of hydrogen-bond donors (Lipinski definition) is 4. The molecule has 1 fully saturated rings. The zero-order valence-corrected chi connectivity index (χ0v) is 25.3. The van der Waals surface area contributed by atoms with Crippen LogP contribution in [0.5, 0.6) is 11.5 Å². The zero-order valence-electron chi connectivity index (χ0n) is 25.3. The molecule has 3 aromatic carbocycles. The molecule has 3 heterocycles. The van der Waals surface area contributed by atoms with Crippen LogP contribution in [-0.4, -0.2) is 74.8 Å². The summed E-state index contributed by atoms with van der Waals surface area (Å²) in [5.74, 6) is 0.811. The van der Waals surface area contributed by atoms with Crippen LogP contribution in [0.15, 0.2) is 90.0 Å². The number of imidazole rings is 1. The van der Waals surface area contributed by atoms with Gasteiger partial charge in [0.1, 0.15) is 35.4 Å². The summed E-state index contributed by atoms with van der Waals surface area (Å²) < 4.78 is 25.2. The maximum Gasteiger partial charge on any atom is 0.280 e. The van der Waals surface area contributed by atoms with Gasteiger partial charge in [0.2, 0.25) is 11.9 Å². The Morgan fingerprint density at radius 1 is 0.935 bits per heavy atom. The van der Waals surface area contributed by atoms with Crippen molar-refractivity contribution in [3.63, 3.8) is 0 Å². The molecule has 13 heteroatoms. The fourth-order valence-corrected chi connectivity index (χ4v) is 5.72. The molecule has 4 atom stereocenters. The van der Waals surface area contributed by atoms with Crippen LogP contribution in [0.4, 0.5) is 5.95 Å². The third kappa shape index (κ3) is 5.61. The summed E-state index contributed by atoms with van der Waals surface area (Å²) >= 11 is 0. The molecule has 46 heavy (non-hydrogen) atoms. The van der Waals surface area contributed by atoms with Crippen molar-refractivity contribution in [2.24, 2.45) is 0 Å². The number of nitrogens with one attached hydrogen (secondary N) is 2. The first-order chi connectivity index (χ1) is 22.2. The van der Waals surface area contributed by atoms with E-state index in [0.29, 0.717) is 11.5 Å². The van der Waals surface area contributed by atoms with Gasteiger partial charge >= 0.3 is 0 Å². The van der Waals surface area contributed by atoms with E-state index in [0.717, 1.165) is 16.7 Å². The number of hydrogen-bond acceptors (Lipinski definition) is 10. The van der Waals surface area contributed by atoms with Gasteiger partial charge in [0.15, 0.2) is 17.4 Å². The van der Waals surface area contributed by atoms with Crippen molar-refractivity contribution in [2.45, 2.75) is 37.1 Å². The van der Waals surface area contributed by atoms with Crippen LogP contribution in [0.25, 0.3) is 11.2 Å². The van der Waals surface area contributed by atoms with Gasteiger partial charge in [0.25, 0.3) is 5.56 Å². The minimum atomic E-state index is -1.43. The molecule has 1 amide bonds. The number of aromatic nitrogens is 4. The SMILES string of the molecule is COc1ccc(C(OC[C@H]2O[C@@H](n3cnc4c(=O)[nH]c(NC(C)=O)nc43)[C@H](O)[C@@H]2O)(c2ccccc2)c2ccc(OC)cc2)cc1. The third-order valence-corrected chi connectivity index (χ3v) is 7.98. The Bertz CT molecular complexity index is 1830. The number of benzene rings is 3. The fraction of sp³-hybridized carbons (Fsp3) is 0.273. The highest BCUT2D eigenvalue weighted by Crippen LogP contribution is 2.43. The van der Waals surface area contributed by atoms with E-state index in [1.54, 1.807) is 14.2 Å². The minimum absolute atomic E-state index is 0.0267. The largest absolute Gasteiger partial charge is 0.497 e. The van der Waals surface area contributed by atoms with E-state index in [9.17, 15) is 19.8 Å². The molecular weight excluding hydrogens is 594 g/mol. The molecule has 0 saturated carbocycles. The number of aliphatic hydroxyl groups excluding tert-OH is 2. The summed E-state index contributed by atoms with van der Waals surface area (Å²) in [6, 6.07) is 24.6. The number of aliphatic hydroxyl groups is 2. The molecule has 2 aromatic heterocycles. The summed E-state index contributed by atoms with van der Waals surface area (Å²) in [4.78, 5) is 35.0. The molecule has 13 nitrogen and oxygen atoms in total. The second-order valence-electron chi connectivity index (χ2n) is 10.8. The van der Waals surface area contributed by atoms with Crippen LogP contribution in [0, 0.1) is 0 Å². The highest BCUT2D eigenvalue weighted by molar-refractivity contribution is 5.87. The molecule has 0 aliphatic carbocycles. The molecule has 4 N–H and O–H groups in total. The molecule has 1 saturated heterocycles.